The highest BCUT2D eigenvalue weighted by atomic mass is 32.2. The van der Waals surface area contributed by atoms with Gasteiger partial charge in [0.1, 0.15) is 5.82 Å². The lowest BCUT2D eigenvalue weighted by molar-refractivity contribution is -0.0456. The Balaban J connectivity index is 1.44. The van der Waals surface area contributed by atoms with Gasteiger partial charge in [-0.05, 0) is 44.4 Å². The van der Waals surface area contributed by atoms with Crippen molar-refractivity contribution in [3.8, 4) is 0 Å². The van der Waals surface area contributed by atoms with Crippen molar-refractivity contribution in [2.75, 3.05) is 13.7 Å². The summed E-state index contributed by atoms with van der Waals surface area (Å²) in [6, 6.07) is -2.72. The zero-order valence-corrected chi connectivity index (χ0v) is 20.3. The molecule has 1 unspecified atom stereocenters. The number of nitrogens with zero attached hydrogens (tertiary/aromatic N) is 3. The van der Waals surface area contributed by atoms with Gasteiger partial charge in [-0.3, -0.25) is 4.90 Å². The first-order chi connectivity index (χ1) is 16.3. The van der Waals surface area contributed by atoms with Crippen LogP contribution in [0, 0.1) is 17.7 Å². The van der Waals surface area contributed by atoms with Crippen molar-refractivity contribution in [1.29, 1.82) is 0 Å². The number of carbonyl (C=O) groups excluding carboxylic acids is 1. The molecule has 9 nitrogen and oxygen atoms in total. The highest BCUT2D eigenvalue weighted by molar-refractivity contribution is 7.90. The predicted molar refractivity (Wildman–Crippen MR) is 114 cm³/mol. The number of amides is 1. The van der Waals surface area contributed by atoms with Crippen molar-refractivity contribution in [3.63, 3.8) is 0 Å². The van der Waals surface area contributed by atoms with E-state index in [0.29, 0.717) is 25.1 Å². The van der Waals surface area contributed by atoms with Gasteiger partial charge in [0.05, 0.1) is 38.3 Å². The van der Waals surface area contributed by atoms with Crippen molar-refractivity contribution in [2.24, 2.45) is 11.8 Å². The molecular weight excluding hydrogens is 496 g/mol. The van der Waals surface area contributed by atoms with Gasteiger partial charge < -0.3 is 9.47 Å². The van der Waals surface area contributed by atoms with Crippen LogP contribution in [-0.4, -0.2) is 72.8 Å². The third kappa shape index (κ3) is 4.59. The number of alkyl halides is 3. The summed E-state index contributed by atoms with van der Waals surface area (Å²) in [5.41, 5.74) is -5.73. The van der Waals surface area contributed by atoms with Gasteiger partial charge in [0, 0.05) is 17.5 Å². The minimum atomic E-state index is -5.61. The zero-order valence-electron chi connectivity index (χ0n) is 19.5. The number of hydrogen-bond acceptors (Lipinski definition) is 7. The molecule has 1 aromatic heterocycles. The second-order valence-corrected chi connectivity index (χ2v) is 11.3. The predicted octanol–water partition coefficient (Wildman–Crippen LogP) is 2.73. The zero-order chi connectivity index (χ0) is 25.8. The van der Waals surface area contributed by atoms with Crippen LogP contribution in [-0.2, 0) is 24.9 Å². The van der Waals surface area contributed by atoms with Gasteiger partial charge in [0.15, 0.2) is 5.82 Å². The summed E-state index contributed by atoms with van der Waals surface area (Å²) in [5.74, 6) is 0.540. The number of carbonyl (C=O) groups is 1. The van der Waals surface area contributed by atoms with Crippen molar-refractivity contribution in [1.82, 2.24) is 19.6 Å². The topological polar surface area (TPSA) is 111 Å². The van der Waals surface area contributed by atoms with Gasteiger partial charge in [0.25, 0.3) is 0 Å². The number of methoxy groups -OCH3 is 1. The minimum Gasteiger partial charge on any atom is -0.453 e. The van der Waals surface area contributed by atoms with Gasteiger partial charge in [-0.25, -0.2) is 32.3 Å². The van der Waals surface area contributed by atoms with Gasteiger partial charge >= 0.3 is 21.6 Å². The lowest BCUT2D eigenvalue weighted by atomic mass is 9.85. The second kappa shape index (κ2) is 9.11. The molecule has 0 bridgehead atoms. The molecule has 1 aliphatic heterocycles. The van der Waals surface area contributed by atoms with Gasteiger partial charge in [0.2, 0.25) is 0 Å². The molecule has 1 N–H and O–H groups in total. The molecule has 1 amide bonds. The summed E-state index contributed by atoms with van der Waals surface area (Å²) in [5, 5.41) is 0. The smallest absolute Gasteiger partial charge is 0.453 e. The van der Waals surface area contributed by atoms with Crippen LogP contribution in [0.4, 0.5) is 22.4 Å². The van der Waals surface area contributed by atoms with Crippen LogP contribution in [0.25, 0.3) is 0 Å². The van der Waals surface area contributed by atoms with Gasteiger partial charge in [-0.2, -0.15) is 13.2 Å². The molecule has 2 heterocycles. The van der Waals surface area contributed by atoms with Gasteiger partial charge in [-0.1, -0.05) is 6.92 Å². The summed E-state index contributed by atoms with van der Waals surface area (Å²) in [6.07, 6.45) is 3.21. The molecular formula is C21H28F4N4O5S. The Morgan fingerprint density at radius 2 is 1.91 bits per heavy atom. The Kier molecular flexibility index (Phi) is 6.77. The molecule has 7 atom stereocenters. The molecule has 3 aliphatic rings. The largest absolute Gasteiger partial charge is 0.511 e. The van der Waals surface area contributed by atoms with Crippen LogP contribution in [0.3, 0.4) is 0 Å². The van der Waals surface area contributed by atoms with E-state index in [-0.39, 0.29) is 36.4 Å². The van der Waals surface area contributed by atoms with E-state index in [0.717, 1.165) is 19.5 Å². The maximum absolute atomic E-state index is 13.3. The summed E-state index contributed by atoms with van der Waals surface area (Å²) >= 11 is 0. The number of nitrogens with one attached hydrogen (secondary N) is 1. The van der Waals surface area contributed by atoms with E-state index in [1.54, 1.807) is 11.6 Å². The number of fused-ring (bicyclic) bond motifs is 1. The van der Waals surface area contributed by atoms with Crippen LogP contribution < -0.4 is 4.72 Å². The van der Waals surface area contributed by atoms with Crippen molar-refractivity contribution in [3.05, 3.63) is 24.0 Å². The van der Waals surface area contributed by atoms with Crippen LogP contribution in [0.5, 0.6) is 0 Å². The molecule has 2 saturated carbocycles. The molecule has 196 valence electrons. The normalized spacial score (nSPS) is 35.0. The lowest BCUT2D eigenvalue weighted by Gasteiger charge is -2.32. The fourth-order valence-electron chi connectivity index (χ4n) is 5.94. The fraction of sp³-hybridized carbons (Fsp3) is 0.762. The highest BCUT2D eigenvalue weighted by Gasteiger charge is 2.66. The molecule has 0 aromatic carbocycles. The summed E-state index contributed by atoms with van der Waals surface area (Å²) < 4.78 is 88.2. The molecule has 0 radical (unpaired) electrons. The highest BCUT2D eigenvalue weighted by Crippen LogP contribution is 2.66. The van der Waals surface area contributed by atoms with E-state index in [9.17, 15) is 30.8 Å². The minimum absolute atomic E-state index is 0.0201. The van der Waals surface area contributed by atoms with Crippen molar-refractivity contribution >= 4 is 16.1 Å². The quantitative estimate of drug-likeness (QED) is 0.570. The number of rotatable bonds is 6. The molecule has 2 aliphatic carbocycles. The standard InChI is InChI=1S/C21H28F4N4O5S/c1-11-6-16(28-35(31,32)21(23,24)25)17(29(11)19(30)33-3)10-34-14-4-5-20(12(2)15(20)7-14)18-26-8-13(22)9-27-18/h8-9,11-12,14-17,28H,4-7,10H2,1-3H3/t11-,12+,14+,15?,16+,17+,20-/m1/s1. The van der Waals surface area contributed by atoms with Crippen molar-refractivity contribution in [2.45, 2.75) is 74.7 Å². The molecule has 3 fully saturated rings. The number of ether oxygens (including phenoxy) is 2. The fourth-order valence-corrected chi connectivity index (χ4v) is 6.73. The Morgan fingerprint density at radius 1 is 1.26 bits per heavy atom. The van der Waals surface area contributed by atoms with E-state index in [4.69, 9.17) is 9.47 Å². The Bertz CT molecular complexity index is 1060. The summed E-state index contributed by atoms with van der Waals surface area (Å²) in [4.78, 5) is 21.9. The maximum Gasteiger partial charge on any atom is 0.511 e. The third-order valence-electron chi connectivity index (χ3n) is 7.79. The molecule has 14 heteroatoms. The summed E-state index contributed by atoms with van der Waals surface area (Å²) in [6.45, 7) is 3.52. The van der Waals surface area contributed by atoms with Gasteiger partial charge in [-0.15, -0.1) is 0 Å². The third-order valence-corrected chi connectivity index (χ3v) is 9.02. The van der Waals surface area contributed by atoms with Crippen LogP contribution >= 0.6 is 0 Å². The molecule has 35 heavy (non-hydrogen) atoms. The molecule has 1 saturated heterocycles. The Morgan fingerprint density at radius 3 is 2.49 bits per heavy atom. The van der Waals surface area contributed by atoms with Crippen LogP contribution in [0.15, 0.2) is 12.4 Å². The van der Waals surface area contributed by atoms with E-state index in [1.807, 2.05) is 0 Å². The first kappa shape index (κ1) is 26.0. The molecule has 0 spiro atoms. The van der Waals surface area contributed by atoms with E-state index < -0.39 is 45.6 Å². The van der Waals surface area contributed by atoms with Crippen molar-refractivity contribution < 1.29 is 40.2 Å². The number of hydrogen-bond donors (Lipinski definition) is 1. The lowest BCUT2D eigenvalue weighted by Crippen LogP contribution is -2.52. The van der Waals surface area contributed by atoms with E-state index in [1.165, 1.54) is 4.90 Å². The number of aromatic nitrogens is 2. The number of likely N-dealkylation sites (tertiary alicyclic amines) is 1. The first-order valence-corrected chi connectivity index (χ1v) is 12.8. The van der Waals surface area contributed by atoms with E-state index in [2.05, 4.69) is 16.9 Å². The molecule has 4 rings (SSSR count). The Labute approximate surface area is 200 Å². The van der Waals surface area contributed by atoms with E-state index >= 15 is 0 Å². The van der Waals surface area contributed by atoms with Crippen LogP contribution in [0.2, 0.25) is 0 Å². The monoisotopic (exact) mass is 524 g/mol. The first-order valence-electron chi connectivity index (χ1n) is 11.4. The summed E-state index contributed by atoms with van der Waals surface area (Å²) in [7, 11) is -4.47. The SMILES string of the molecule is COC(=O)N1[C@H](C)C[C@H](NS(=O)(=O)C(F)(F)F)[C@@H]1CO[C@H]1CC[C@]2(c3ncc(F)cn3)C(C1)[C@@H]2C. The Hall–Kier alpha value is -2.06. The number of halogens is 4. The average molecular weight is 525 g/mol. The second-order valence-electron chi connectivity index (χ2n) is 9.59. The average Bonchev–Trinajstić information content (AvgIpc) is 3.25. The van der Waals surface area contributed by atoms with Crippen LogP contribution in [0.1, 0.15) is 45.4 Å². The molecule has 1 aromatic rings. The maximum atomic E-state index is 13.3. The number of sulfonamides is 1.